The molecule has 0 bridgehead atoms. The number of allylic oxidation sites excluding steroid dienone is 1. The Morgan fingerprint density at radius 1 is 1.18 bits per heavy atom. The highest BCUT2D eigenvalue weighted by molar-refractivity contribution is 5.75. The van der Waals surface area contributed by atoms with E-state index in [2.05, 4.69) is 23.1 Å². The highest BCUT2D eigenvalue weighted by Gasteiger charge is 2.23. The van der Waals surface area contributed by atoms with Gasteiger partial charge in [-0.1, -0.05) is 25.3 Å². The molecule has 0 unspecified atom stereocenters. The van der Waals surface area contributed by atoms with Gasteiger partial charge in [-0.3, -0.25) is 4.90 Å². The summed E-state index contributed by atoms with van der Waals surface area (Å²) in [7, 11) is 0. The van der Waals surface area contributed by atoms with Crippen molar-refractivity contribution >= 4 is 17.6 Å². The van der Waals surface area contributed by atoms with Crippen LogP contribution in [0.5, 0.6) is 0 Å². The summed E-state index contributed by atoms with van der Waals surface area (Å²) in [5, 5.41) is 0. The maximum Gasteiger partial charge on any atom is 0.150 e. The molecule has 0 atom stereocenters. The average Bonchev–Trinajstić information content (AvgIpc) is 2.41. The van der Waals surface area contributed by atoms with E-state index in [9.17, 15) is 8.78 Å². The molecular formula is C17H17F2N3. The molecule has 1 heterocycles. The van der Waals surface area contributed by atoms with Crippen molar-refractivity contribution in [1.82, 2.24) is 9.97 Å². The Labute approximate surface area is 128 Å². The van der Waals surface area contributed by atoms with E-state index in [1.54, 1.807) is 26.8 Å². The van der Waals surface area contributed by atoms with Gasteiger partial charge in [0, 0.05) is 11.3 Å². The van der Waals surface area contributed by atoms with E-state index in [4.69, 9.17) is 0 Å². The third-order valence-corrected chi connectivity index (χ3v) is 3.19. The monoisotopic (exact) mass is 301 g/mol. The van der Waals surface area contributed by atoms with Crippen molar-refractivity contribution in [2.24, 2.45) is 0 Å². The zero-order valence-corrected chi connectivity index (χ0v) is 12.8. The summed E-state index contributed by atoms with van der Waals surface area (Å²) in [6.07, 6.45) is 1.57. The second-order valence-corrected chi connectivity index (χ2v) is 4.94. The molecule has 3 nitrogen and oxygen atoms in total. The molecule has 2 aromatic rings. The lowest BCUT2D eigenvalue weighted by Gasteiger charge is -2.27. The van der Waals surface area contributed by atoms with Crippen LogP contribution in [0.4, 0.5) is 20.3 Å². The number of nitrogens with zero attached hydrogens (tertiary/aromatic N) is 3. The van der Waals surface area contributed by atoms with Crippen LogP contribution < -0.4 is 4.90 Å². The topological polar surface area (TPSA) is 29.0 Å². The van der Waals surface area contributed by atoms with Crippen LogP contribution in [0.2, 0.25) is 0 Å². The van der Waals surface area contributed by atoms with Crippen molar-refractivity contribution in [2.75, 3.05) is 4.90 Å². The smallest absolute Gasteiger partial charge is 0.150 e. The molecule has 0 aliphatic rings. The fraction of sp³-hybridized carbons (Fsp3) is 0.176. The molecule has 0 amide bonds. The first-order valence-corrected chi connectivity index (χ1v) is 6.74. The van der Waals surface area contributed by atoms with Crippen molar-refractivity contribution in [1.29, 1.82) is 0 Å². The fourth-order valence-electron chi connectivity index (χ4n) is 2.29. The molecule has 0 saturated carbocycles. The lowest BCUT2D eigenvalue weighted by atomic mass is 10.1. The van der Waals surface area contributed by atoms with Gasteiger partial charge in [-0.05, 0) is 32.9 Å². The SMILES string of the molecule is C=Cc1c(C)nc(C)nc1N(C(=C)C)c1c(F)cccc1F. The number of hydrogen-bond acceptors (Lipinski definition) is 3. The van der Waals surface area contributed by atoms with Crippen LogP contribution >= 0.6 is 0 Å². The third kappa shape index (κ3) is 2.74. The van der Waals surface area contributed by atoms with Gasteiger partial charge in [0.25, 0.3) is 0 Å². The van der Waals surface area contributed by atoms with Crippen LogP contribution in [0.15, 0.2) is 37.1 Å². The van der Waals surface area contributed by atoms with Gasteiger partial charge in [0.05, 0.1) is 5.69 Å². The zero-order chi connectivity index (χ0) is 16.4. The molecule has 0 radical (unpaired) electrons. The van der Waals surface area contributed by atoms with Gasteiger partial charge in [0.1, 0.15) is 29.0 Å². The zero-order valence-electron chi connectivity index (χ0n) is 12.8. The minimum absolute atomic E-state index is 0.212. The summed E-state index contributed by atoms with van der Waals surface area (Å²) in [6.45, 7) is 12.7. The number of para-hydroxylation sites is 1. The molecule has 2 rings (SSSR count). The number of aromatic nitrogens is 2. The Bertz CT molecular complexity index is 734. The average molecular weight is 301 g/mol. The van der Waals surface area contributed by atoms with Crippen LogP contribution in [-0.2, 0) is 0 Å². The first kappa shape index (κ1) is 15.8. The molecule has 5 heteroatoms. The standard InChI is InChI=1S/C17H17F2N3/c1-6-13-11(4)20-12(5)21-17(13)22(10(2)3)16-14(18)8-7-9-15(16)19/h6-9H,1-2H2,3-5H3. The van der Waals surface area contributed by atoms with Gasteiger partial charge >= 0.3 is 0 Å². The molecule has 1 aromatic carbocycles. The Morgan fingerprint density at radius 2 is 1.77 bits per heavy atom. The summed E-state index contributed by atoms with van der Waals surface area (Å²) < 4.78 is 28.4. The third-order valence-electron chi connectivity index (χ3n) is 3.19. The van der Waals surface area contributed by atoms with Crippen molar-refractivity contribution in [2.45, 2.75) is 20.8 Å². The van der Waals surface area contributed by atoms with E-state index < -0.39 is 11.6 Å². The highest BCUT2D eigenvalue weighted by Crippen LogP contribution is 2.35. The first-order chi connectivity index (χ1) is 10.4. The van der Waals surface area contributed by atoms with Crippen LogP contribution in [-0.4, -0.2) is 9.97 Å². The van der Waals surface area contributed by atoms with Crippen LogP contribution in [0.1, 0.15) is 24.0 Å². The Kier molecular flexibility index (Phi) is 4.35. The molecule has 0 spiro atoms. The van der Waals surface area contributed by atoms with E-state index in [-0.39, 0.29) is 5.69 Å². The summed E-state index contributed by atoms with van der Waals surface area (Å²) in [4.78, 5) is 9.94. The van der Waals surface area contributed by atoms with Gasteiger partial charge in [0.15, 0.2) is 0 Å². The molecule has 0 saturated heterocycles. The van der Waals surface area contributed by atoms with Gasteiger partial charge in [-0.25, -0.2) is 18.7 Å². The number of aryl methyl sites for hydroxylation is 2. The van der Waals surface area contributed by atoms with Crippen LogP contribution in [0.3, 0.4) is 0 Å². The van der Waals surface area contributed by atoms with Gasteiger partial charge in [-0.15, -0.1) is 0 Å². The maximum absolute atomic E-state index is 14.2. The van der Waals surface area contributed by atoms with E-state index in [0.29, 0.717) is 28.6 Å². The Balaban J connectivity index is 2.80. The normalized spacial score (nSPS) is 10.4. The predicted octanol–water partition coefficient (Wildman–Crippen LogP) is 4.69. The lowest BCUT2D eigenvalue weighted by molar-refractivity contribution is 0.583. The number of halogens is 2. The summed E-state index contributed by atoms with van der Waals surface area (Å²) in [5.41, 5.74) is 1.51. The molecule has 0 aliphatic carbocycles. The lowest BCUT2D eigenvalue weighted by Crippen LogP contribution is -2.20. The second kappa shape index (κ2) is 6.05. The van der Waals surface area contributed by atoms with E-state index in [1.807, 2.05) is 0 Å². The number of rotatable bonds is 4. The molecule has 114 valence electrons. The Morgan fingerprint density at radius 3 is 2.27 bits per heavy atom. The van der Waals surface area contributed by atoms with Crippen LogP contribution in [0, 0.1) is 25.5 Å². The molecule has 1 aromatic heterocycles. The highest BCUT2D eigenvalue weighted by atomic mass is 19.1. The summed E-state index contributed by atoms with van der Waals surface area (Å²) in [6, 6.07) is 3.71. The summed E-state index contributed by atoms with van der Waals surface area (Å²) in [5.74, 6) is -0.517. The van der Waals surface area contributed by atoms with Crippen molar-refractivity contribution in [3.05, 3.63) is 65.8 Å². The minimum Gasteiger partial charge on any atom is -0.294 e. The quantitative estimate of drug-likeness (QED) is 0.820. The molecule has 22 heavy (non-hydrogen) atoms. The maximum atomic E-state index is 14.2. The molecule has 0 aliphatic heterocycles. The summed E-state index contributed by atoms with van der Waals surface area (Å²) >= 11 is 0. The Hall–Kier alpha value is -2.56. The number of hydrogen-bond donors (Lipinski definition) is 0. The largest absolute Gasteiger partial charge is 0.294 e. The minimum atomic E-state index is -0.688. The molecular weight excluding hydrogens is 284 g/mol. The van der Waals surface area contributed by atoms with E-state index in [0.717, 1.165) is 0 Å². The second-order valence-electron chi connectivity index (χ2n) is 4.94. The van der Waals surface area contributed by atoms with Crippen molar-refractivity contribution in [3.63, 3.8) is 0 Å². The van der Waals surface area contributed by atoms with Gasteiger partial charge in [-0.2, -0.15) is 0 Å². The number of anilines is 2. The van der Waals surface area contributed by atoms with Crippen molar-refractivity contribution < 1.29 is 8.78 Å². The van der Waals surface area contributed by atoms with Gasteiger partial charge in [0.2, 0.25) is 0 Å². The van der Waals surface area contributed by atoms with Crippen LogP contribution in [0.25, 0.3) is 6.08 Å². The van der Waals surface area contributed by atoms with Gasteiger partial charge < -0.3 is 0 Å². The first-order valence-electron chi connectivity index (χ1n) is 6.74. The fourth-order valence-corrected chi connectivity index (χ4v) is 2.29. The molecule has 0 N–H and O–H groups in total. The van der Waals surface area contributed by atoms with E-state index in [1.165, 1.54) is 23.1 Å². The molecule has 0 fully saturated rings. The number of benzene rings is 1. The van der Waals surface area contributed by atoms with E-state index >= 15 is 0 Å². The van der Waals surface area contributed by atoms with Crippen molar-refractivity contribution in [3.8, 4) is 0 Å². The predicted molar refractivity (Wildman–Crippen MR) is 84.9 cm³/mol.